The molecule has 1 unspecified atom stereocenters. The van der Waals surface area contributed by atoms with Gasteiger partial charge in [-0.2, -0.15) is 5.26 Å². The van der Waals surface area contributed by atoms with E-state index in [1.807, 2.05) is 49.4 Å². The summed E-state index contributed by atoms with van der Waals surface area (Å²) >= 11 is 1.42. The molecule has 0 amide bonds. The van der Waals surface area contributed by atoms with E-state index in [-0.39, 0.29) is 5.25 Å². The molecule has 0 fully saturated rings. The molecule has 0 saturated heterocycles. The van der Waals surface area contributed by atoms with Crippen LogP contribution in [0.1, 0.15) is 12.5 Å². The molecule has 1 heterocycles. The lowest BCUT2D eigenvalue weighted by atomic mass is 10.1. The molecule has 3 aromatic rings. The van der Waals surface area contributed by atoms with Crippen LogP contribution in [-0.2, 0) is 13.0 Å². The van der Waals surface area contributed by atoms with Crippen molar-refractivity contribution in [2.75, 3.05) is 7.11 Å². The van der Waals surface area contributed by atoms with E-state index in [0.29, 0.717) is 0 Å². The minimum Gasteiger partial charge on any atom is -0.496 e. The molecule has 1 atom stereocenters. The van der Waals surface area contributed by atoms with Gasteiger partial charge in [0.15, 0.2) is 11.0 Å². The van der Waals surface area contributed by atoms with Crippen molar-refractivity contribution in [2.24, 2.45) is 0 Å². The van der Waals surface area contributed by atoms with Gasteiger partial charge in [0.2, 0.25) is 0 Å². The lowest BCUT2D eigenvalue weighted by molar-refractivity contribution is 0.415. The molecule has 2 aromatic carbocycles. The number of ether oxygens (including phenoxy) is 1. The van der Waals surface area contributed by atoms with Gasteiger partial charge in [0.05, 0.1) is 24.0 Å². The van der Waals surface area contributed by atoms with Crippen LogP contribution in [0.15, 0.2) is 59.8 Å². The molecule has 1 aromatic heterocycles. The van der Waals surface area contributed by atoms with Crippen molar-refractivity contribution in [3.63, 3.8) is 0 Å². The number of hydrogen-bond donors (Lipinski definition) is 0. The van der Waals surface area contributed by atoms with E-state index in [4.69, 9.17) is 10.00 Å². The number of aryl methyl sites for hydroxylation is 1. The van der Waals surface area contributed by atoms with Crippen LogP contribution in [0.25, 0.3) is 11.4 Å². The summed E-state index contributed by atoms with van der Waals surface area (Å²) in [6, 6.07) is 20.3. The first-order valence-electron chi connectivity index (χ1n) is 8.39. The van der Waals surface area contributed by atoms with Gasteiger partial charge in [0.1, 0.15) is 5.75 Å². The van der Waals surface area contributed by atoms with E-state index >= 15 is 0 Å². The average molecular weight is 364 g/mol. The lowest BCUT2D eigenvalue weighted by Gasteiger charge is -2.13. The largest absolute Gasteiger partial charge is 0.496 e. The maximum absolute atomic E-state index is 9.15. The van der Waals surface area contributed by atoms with Crippen LogP contribution >= 0.6 is 11.8 Å². The Morgan fingerprint density at radius 1 is 1.12 bits per heavy atom. The number of aromatic nitrogens is 3. The van der Waals surface area contributed by atoms with E-state index in [9.17, 15) is 0 Å². The first kappa shape index (κ1) is 18.0. The fraction of sp³-hybridized carbons (Fsp3) is 0.250. The van der Waals surface area contributed by atoms with Gasteiger partial charge in [-0.1, -0.05) is 54.2 Å². The van der Waals surface area contributed by atoms with Crippen molar-refractivity contribution < 1.29 is 4.74 Å². The van der Waals surface area contributed by atoms with Gasteiger partial charge >= 0.3 is 0 Å². The van der Waals surface area contributed by atoms with E-state index < -0.39 is 0 Å². The van der Waals surface area contributed by atoms with E-state index in [0.717, 1.165) is 35.3 Å². The van der Waals surface area contributed by atoms with Crippen LogP contribution in [0.2, 0.25) is 0 Å². The van der Waals surface area contributed by atoms with Gasteiger partial charge in [-0.3, -0.25) is 0 Å². The van der Waals surface area contributed by atoms with Crippen LogP contribution in [0.4, 0.5) is 0 Å². The second-order valence-corrected chi connectivity index (χ2v) is 7.09. The number of nitrogens with zero attached hydrogens (tertiary/aromatic N) is 4. The maximum atomic E-state index is 9.15. The van der Waals surface area contributed by atoms with Gasteiger partial charge in [-0.05, 0) is 31.0 Å². The summed E-state index contributed by atoms with van der Waals surface area (Å²) in [7, 11) is 1.65. The topological polar surface area (TPSA) is 63.7 Å². The molecule has 0 aliphatic carbocycles. The maximum Gasteiger partial charge on any atom is 0.192 e. The van der Waals surface area contributed by atoms with Crippen LogP contribution in [-0.4, -0.2) is 27.1 Å². The van der Waals surface area contributed by atoms with Gasteiger partial charge in [0.25, 0.3) is 0 Å². The molecule has 5 nitrogen and oxygen atoms in total. The SMILES string of the molecule is COc1ccccc1-c1nnc(SC(C)C#N)n1CCc1ccccc1. The van der Waals surface area contributed by atoms with Crippen LogP contribution < -0.4 is 4.74 Å². The van der Waals surface area contributed by atoms with E-state index in [1.54, 1.807) is 7.11 Å². The van der Waals surface area contributed by atoms with Gasteiger partial charge in [-0.25, -0.2) is 0 Å². The third-order valence-electron chi connectivity index (χ3n) is 4.00. The van der Waals surface area contributed by atoms with Crippen molar-refractivity contribution in [3.8, 4) is 23.2 Å². The highest BCUT2D eigenvalue weighted by molar-refractivity contribution is 8.00. The molecule has 132 valence electrons. The molecule has 3 rings (SSSR count). The fourth-order valence-electron chi connectivity index (χ4n) is 2.68. The first-order valence-corrected chi connectivity index (χ1v) is 9.27. The Kier molecular flexibility index (Phi) is 5.92. The molecule has 0 N–H and O–H groups in total. The summed E-state index contributed by atoms with van der Waals surface area (Å²) in [6.07, 6.45) is 0.857. The summed E-state index contributed by atoms with van der Waals surface area (Å²) in [5.74, 6) is 1.51. The van der Waals surface area contributed by atoms with Crippen LogP contribution in [0, 0.1) is 11.3 Å². The number of rotatable bonds is 7. The Labute approximate surface area is 157 Å². The first-order chi connectivity index (χ1) is 12.7. The highest BCUT2D eigenvalue weighted by Crippen LogP contribution is 2.32. The second kappa shape index (κ2) is 8.54. The zero-order valence-electron chi connectivity index (χ0n) is 14.8. The highest BCUT2D eigenvalue weighted by Gasteiger charge is 2.19. The van der Waals surface area contributed by atoms with Crippen molar-refractivity contribution >= 4 is 11.8 Å². The average Bonchev–Trinajstić information content (AvgIpc) is 3.09. The zero-order valence-corrected chi connectivity index (χ0v) is 15.6. The fourth-order valence-corrected chi connectivity index (χ4v) is 3.44. The number of benzene rings is 2. The standard InChI is InChI=1S/C20H20N4OS/c1-15(14-21)26-20-23-22-19(17-10-6-7-11-18(17)25-2)24(20)13-12-16-8-4-3-5-9-16/h3-11,15H,12-13H2,1-2H3. The minimum atomic E-state index is -0.194. The van der Waals surface area contributed by atoms with Crippen molar-refractivity contribution in [3.05, 3.63) is 60.2 Å². The molecule has 0 aliphatic heterocycles. The van der Waals surface area contributed by atoms with Crippen molar-refractivity contribution in [2.45, 2.75) is 30.3 Å². The molecule has 0 saturated carbocycles. The number of hydrogen-bond acceptors (Lipinski definition) is 5. The Morgan fingerprint density at radius 2 is 1.85 bits per heavy atom. The summed E-state index contributed by atoms with van der Waals surface area (Å²) in [5, 5.41) is 18.4. The van der Waals surface area contributed by atoms with Crippen molar-refractivity contribution in [1.29, 1.82) is 5.26 Å². The highest BCUT2D eigenvalue weighted by atomic mass is 32.2. The molecule has 0 bridgehead atoms. The lowest BCUT2D eigenvalue weighted by Crippen LogP contribution is -2.07. The smallest absolute Gasteiger partial charge is 0.192 e. The van der Waals surface area contributed by atoms with Crippen molar-refractivity contribution in [1.82, 2.24) is 14.8 Å². The molecule has 6 heteroatoms. The molecular formula is C20H20N4OS. The molecule has 26 heavy (non-hydrogen) atoms. The zero-order chi connectivity index (χ0) is 18.4. The predicted octanol–water partition coefficient (Wildman–Crippen LogP) is 4.20. The Hall–Kier alpha value is -2.78. The Morgan fingerprint density at radius 3 is 2.58 bits per heavy atom. The quantitative estimate of drug-likeness (QED) is 0.588. The molecule has 0 radical (unpaired) electrons. The van der Waals surface area contributed by atoms with Gasteiger partial charge in [-0.15, -0.1) is 10.2 Å². The summed E-state index contributed by atoms with van der Waals surface area (Å²) in [6.45, 7) is 2.59. The monoisotopic (exact) mass is 364 g/mol. The van der Waals surface area contributed by atoms with Gasteiger partial charge < -0.3 is 9.30 Å². The van der Waals surface area contributed by atoms with Crippen LogP contribution in [0.3, 0.4) is 0 Å². The summed E-state index contributed by atoms with van der Waals surface area (Å²) < 4.78 is 7.56. The third kappa shape index (κ3) is 4.06. The molecular weight excluding hydrogens is 344 g/mol. The minimum absolute atomic E-state index is 0.194. The van der Waals surface area contributed by atoms with Gasteiger partial charge in [0, 0.05) is 6.54 Å². The number of nitriles is 1. The van der Waals surface area contributed by atoms with E-state index in [2.05, 4.69) is 33.0 Å². The summed E-state index contributed by atoms with van der Waals surface area (Å²) in [5.41, 5.74) is 2.14. The third-order valence-corrected chi connectivity index (χ3v) is 4.97. The number of para-hydroxylation sites is 1. The van der Waals surface area contributed by atoms with E-state index in [1.165, 1.54) is 17.3 Å². The summed E-state index contributed by atoms with van der Waals surface area (Å²) in [4.78, 5) is 0. The number of thioether (sulfide) groups is 1. The predicted molar refractivity (Wildman–Crippen MR) is 103 cm³/mol. The normalized spacial score (nSPS) is 11.7. The molecule has 0 spiro atoms. The molecule has 0 aliphatic rings. The Balaban J connectivity index is 1.97. The van der Waals surface area contributed by atoms with Crippen LogP contribution in [0.5, 0.6) is 5.75 Å². The second-order valence-electron chi connectivity index (χ2n) is 5.78. The number of methoxy groups -OCH3 is 1. The Bertz CT molecular complexity index is 902.